The first kappa shape index (κ1) is 16.1. The largest absolute Gasteiger partial charge is 0.479 e. The third-order valence-corrected chi connectivity index (χ3v) is 4.24. The summed E-state index contributed by atoms with van der Waals surface area (Å²) in [7, 11) is 0. The molecule has 0 radical (unpaired) electrons. The highest BCUT2D eigenvalue weighted by atomic mass is 79.9. The summed E-state index contributed by atoms with van der Waals surface area (Å²) >= 11 is 15.3. The summed E-state index contributed by atoms with van der Waals surface area (Å²) in [4.78, 5) is 12.1. The van der Waals surface area contributed by atoms with Gasteiger partial charge in [0.05, 0.1) is 10.0 Å². The number of para-hydroxylation sites is 1. The molecule has 0 aliphatic rings. The van der Waals surface area contributed by atoms with Crippen LogP contribution in [0.4, 0.5) is 5.69 Å². The van der Waals surface area contributed by atoms with Crippen LogP contribution in [0.5, 0.6) is 5.75 Å². The molecule has 0 aliphatic carbocycles. The molecule has 2 rings (SSSR count). The maximum atomic E-state index is 12.1. The van der Waals surface area contributed by atoms with E-state index in [1.165, 1.54) is 0 Å². The molecule has 0 aliphatic heterocycles. The van der Waals surface area contributed by atoms with Crippen LogP contribution in [-0.2, 0) is 4.79 Å². The van der Waals surface area contributed by atoms with E-state index in [-0.39, 0.29) is 5.91 Å². The van der Waals surface area contributed by atoms with E-state index in [2.05, 4.69) is 21.2 Å². The molecule has 0 bridgehead atoms. The van der Waals surface area contributed by atoms with Crippen molar-refractivity contribution < 1.29 is 9.53 Å². The van der Waals surface area contributed by atoms with Gasteiger partial charge < -0.3 is 10.1 Å². The van der Waals surface area contributed by atoms with E-state index in [4.69, 9.17) is 27.9 Å². The topological polar surface area (TPSA) is 38.3 Å². The Morgan fingerprint density at radius 2 is 1.90 bits per heavy atom. The normalized spacial score (nSPS) is 11.8. The van der Waals surface area contributed by atoms with Crippen LogP contribution < -0.4 is 10.1 Å². The molecule has 2 aromatic carbocycles. The Morgan fingerprint density at radius 1 is 1.19 bits per heavy atom. The van der Waals surface area contributed by atoms with Gasteiger partial charge >= 0.3 is 0 Å². The minimum absolute atomic E-state index is 0.284. The third-order valence-electron chi connectivity index (χ3n) is 2.70. The van der Waals surface area contributed by atoms with Crippen molar-refractivity contribution in [3.05, 3.63) is 57.0 Å². The van der Waals surface area contributed by atoms with Crippen molar-refractivity contribution in [2.45, 2.75) is 13.0 Å². The van der Waals surface area contributed by atoms with Gasteiger partial charge in [-0.3, -0.25) is 4.79 Å². The lowest BCUT2D eigenvalue weighted by atomic mass is 10.3. The SMILES string of the molecule is CC(Oc1ccccc1Cl)C(=O)Nc1ccc(Br)c(Cl)c1. The summed E-state index contributed by atoms with van der Waals surface area (Å²) in [6, 6.07) is 12.2. The van der Waals surface area contributed by atoms with E-state index in [1.54, 1.807) is 49.4 Å². The van der Waals surface area contributed by atoms with E-state index < -0.39 is 6.10 Å². The molecule has 0 aromatic heterocycles. The van der Waals surface area contributed by atoms with Gasteiger partial charge in [-0.2, -0.15) is 0 Å². The van der Waals surface area contributed by atoms with Crippen LogP contribution in [0.2, 0.25) is 10.0 Å². The number of rotatable bonds is 4. The van der Waals surface area contributed by atoms with E-state index in [1.807, 2.05) is 0 Å². The number of carbonyl (C=O) groups is 1. The Bertz CT molecular complexity index is 664. The van der Waals surface area contributed by atoms with E-state index in [0.717, 1.165) is 4.47 Å². The summed E-state index contributed by atoms with van der Waals surface area (Å²) in [5.74, 6) is 0.184. The summed E-state index contributed by atoms with van der Waals surface area (Å²) in [5.41, 5.74) is 0.600. The molecule has 0 spiro atoms. The van der Waals surface area contributed by atoms with Crippen molar-refractivity contribution in [2.24, 2.45) is 0 Å². The molecule has 21 heavy (non-hydrogen) atoms. The summed E-state index contributed by atoms with van der Waals surface area (Å²) < 4.78 is 6.31. The number of nitrogens with one attached hydrogen (secondary N) is 1. The van der Waals surface area contributed by atoms with Crippen LogP contribution in [0, 0.1) is 0 Å². The van der Waals surface area contributed by atoms with Crippen LogP contribution in [0.3, 0.4) is 0 Å². The fourth-order valence-corrected chi connectivity index (χ4v) is 2.21. The predicted octanol–water partition coefficient (Wildman–Crippen LogP) is 5.16. The Hall–Kier alpha value is -1.23. The standard InChI is InChI=1S/C15H12BrCl2NO2/c1-9(21-14-5-3-2-4-12(14)17)15(20)19-10-6-7-11(16)13(18)8-10/h2-9H,1H3,(H,19,20). The number of ether oxygens (including phenoxy) is 1. The van der Waals surface area contributed by atoms with Gasteiger partial charge in [0.1, 0.15) is 5.75 Å². The van der Waals surface area contributed by atoms with Crippen molar-refractivity contribution >= 4 is 50.7 Å². The van der Waals surface area contributed by atoms with Crippen LogP contribution in [-0.4, -0.2) is 12.0 Å². The zero-order valence-corrected chi connectivity index (χ0v) is 14.2. The molecular formula is C15H12BrCl2NO2. The van der Waals surface area contributed by atoms with Gasteiger partial charge in [-0.1, -0.05) is 35.3 Å². The Morgan fingerprint density at radius 3 is 2.57 bits per heavy atom. The monoisotopic (exact) mass is 387 g/mol. The van der Waals surface area contributed by atoms with Crippen molar-refractivity contribution in [1.29, 1.82) is 0 Å². The van der Waals surface area contributed by atoms with E-state index in [9.17, 15) is 4.79 Å². The lowest BCUT2D eigenvalue weighted by Crippen LogP contribution is -2.30. The molecule has 0 heterocycles. The minimum atomic E-state index is -0.688. The molecule has 0 saturated heterocycles. The van der Waals surface area contributed by atoms with Gasteiger partial charge in [0.2, 0.25) is 0 Å². The van der Waals surface area contributed by atoms with Gasteiger partial charge in [-0.25, -0.2) is 0 Å². The van der Waals surface area contributed by atoms with Gasteiger partial charge in [-0.15, -0.1) is 0 Å². The lowest BCUT2D eigenvalue weighted by molar-refractivity contribution is -0.122. The molecule has 0 saturated carbocycles. The minimum Gasteiger partial charge on any atom is -0.479 e. The molecule has 1 amide bonds. The fourth-order valence-electron chi connectivity index (χ4n) is 1.60. The number of halogens is 3. The molecule has 110 valence electrons. The first-order valence-corrected chi connectivity index (χ1v) is 7.69. The summed E-state index contributed by atoms with van der Waals surface area (Å²) in [5, 5.41) is 3.72. The predicted molar refractivity (Wildman–Crippen MR) is 89.3 cm³/mol. The van der Waals surface area contributed by atoms with Crippen LogP contribution >= 0.6 is 39.1 Å². The molecule has 1 unspecified atom stereocenters. The maximum absolute atomic E-state index is 12.1. The zero-order chi connectivity index (χ0) is 15.4. The molecule has 1 N–H and O–H groups in total. The quantitative estimate of drug-likeness (QED) is 0.785. The number of amides is 1. The number of carbonyl (C=O) groups excluding carboxylic acids is 1. The second-order valence-corrected chi connectivity index (χ2v) is 5.98. The van der Waals surface area contributed by atoms with Crippen LogP contribution in [0.15, 0.2) is 46.9 Å². The lowest BCUT2D eigenvalue weighted by Gasteiger charge is -2.15. The van der Waals surface area contributed by atoms with Gasteiger partial charge in [0.25, 0.3) is 5.91 Å². The average Bonchev–Trinajstić information content (AvgIpc) is 2.45. The average molecular weight is 389 g/mol. The molecule has 1 atom stereocenters. The second-order valence-electron chi connectivity index (χ2n) is 4.31. The molecule has 0 fully saturated rings. The number of anilines is 1. The van der Waals surface area contributed by atoms with Gasteiger partial charge in [0.15, 0.2) is 6.10 Å². The fraction of sp³-hybridized carbons (Fsp3) is 0.133. The van der Waals surface area contributed by atoms with Gasteiger partial charge in [-0.05, 0) is 53.2 Å². The Labute approximate surface area is 141 Å². The van der Waals surface area contributed by atoms with Crippen LogP contribution in [0.1, 0.15) is 6.92 Å². The second kappa shape index (κ2) is 7.16. The van der Waals surface area contributed by atoms with Crippen molar-refractivity contribution in [1.82, 2.24) is 0 Å². The highest BCUT2D eigenvalue weighted by Gasteiger charge is 2.16. The zero-order valence-electron chi connectivity index (χ0n) is 11.1. The highest BCUT2D eigenvalue weighted by molar-refractivity contribution is 9.10. The number of hydrogen-bond acceptors (Lipinski definition) is 2. The first-order valence-electron chi connectivity index (χ1n) is 6.14. The Kier molecular flexibility index (Phi) is 5.51. The van der Waals surface area contributed by atoms with Crippen LogP contribution in [0.25, 0.3) is 0 Å². The molecule has 2 aromatic rings. The van der Waals surface area contributed by atoms with E-state index in [0.29, 0.717) is 21.5 Å². The highest BCUT2D eigenvalue weighted by Crippen LogP contribution is 2.26. The van der Waals surface area contributed by atoms with Crippen molar-refractivity contribution in [3.8, 4) is 5.75 Å². The Balaban J connectivity index is 2.02. The smallest absolute Gasteiger partial charge is 0.265 e. The molecule has 3 nitrogen and oxygen atoms in total. The summed E-state index contributed by atoms with van der Waals surface area (Å²) in [6.45, 7) is 1.65. The molecule has 6 heteroatoms. The first-order chi connectivity index (χ1) is 9.97. The number of hydrogen-bond donors (Lipinski definition) is 1. The van der Waals surface area contributed by atoms with Crippen molar-refractivity contribution in [3.63, 3.8) is 0 Å². The van der Waals surface area contributed by atoms with Crippen molar-refractivity contribution in [2.75, 3.05) is 5.32 Å². The van der Waals surface area contributed by atoms with E-state index >= 15 is 0 Å². The summed E-state index contributed by atoms with van der Waals surface area (Å²) in [6.07, 6.45) is -0.688. The van der Waals surface area contributed by atoms with Gasteiger partial charge in [0, 0.05) is 10.2 Å². The third kappa shape index (κ3) is 4.37. The molecular weight excluding hydrogens is 377 g/mol. The maximum Gasteiger partial charge on any atom is 0.265 e. The number of benzene rings is 2.